The lowest BCUT2D eigenvalue weighted by atomic mass is 10.2. The number of carbonyl (C=O) groups is 1. The number of hydrogen-bond donors (Lipinski definition) is 0. The average molecular weight is 519 g/mol. The van der Waals surface area contributed by atoms with Crippen molar-refractivity contribution in [2.45, 2.75) is 37.0 Å². The molecule has 1 amide bonds. The van der Waals surface area contributed by atoms with Crippen LogP contribution in [0.25, 0.3) is 11.3 Å². The van der Waals surface area contributed by atoms with E-state index >= 15 is 0 Å². The number of rotatable bonds is 7. The average Bonchev–Trinajstić information content (AvgIpc) is 3.56. The van der Waals surface area contributed by atoms with E-state index in [1.165, 1.54) is 17.0 Å². The summed E-state index contributed by atoms with van der Waals surface area (Å²) in [4.78, 5) is 19.0. The Balaban J connectivity index is 1.37. The summed E-state index contributed by atoms with van der Waals surface area (Å²) in [7, 11) is -4.04. The molecule has 190 valence electrons. The normalized spacial score (nSPS) is 17.6. The Morgan fingerprint density at radius 1 is 1.00 bits per heavy atom. The number of benzene rings is 3. The fourth-order valence-corrected chi connectivity index (χ4v) is 5.30. The van der Waals surface area contributed by atoms with Gasteiger partial charge in [0.05, 0.1) is 23.7 Å². The zero-order chi connectivity index (χ0) is 25.8. The number of hydrogen-bond acceptors (Lipinski definition) is 7. The van der Waals surface area contributed by atoms with Crippen LogP contribution in [0.2, 0.25) is 0 Å². The first-order valence-corrected chi connectivity index (χ1v) is 13.3. The molecule has 37 heavy (non-hydrogen) atoms. The minimum atomic E-state index is -4.04. The summed E-state index contributed by atoms with van der Waals surface area (Å²) in [6.07, 6.45) is 0.371. The Hall–Kier alpha value is -3.95. The van der Waals surface area contributed by atoms with Gasteiger partial charge < -0.3 is 9.15 Å². The molecule has 0 aliphatic carbocycles. The van der Waals surface area contributed by atoms with Gasteiger partial charge in [-0.05, 0) is 24.6 Å². The molecule has 8 nitrogen and oxygen atoms in total. The molecule has 2 atom stereocenters. The third-order valence-electron chi connectivity index (χ3n) is 6.14. The monoisotopic (exact) mass is 518 g/mol. The Kier molecular flexibility index (Phi) is 7.07. The van der Waals surface area contributed by atoms with Crippen LogP contribution in [0.3, 0.4) is 0 Å². The van der Waals surface area contributed by atoms with Crippen LogP contribution in [-0.4, -0.2) is 37.0 Å². The summed E-state index contributed by atoms with van der Waals surface area (Å²) in [6.45, 7) is 1.96. The van der Waals surface area contributed by atoms with Gasteiger partial charge in [-0.15, -0.1) is 0 Å². The molecule has 9 heteroatoms. The Morgan fingerprint density at radius 2 is 1.68 bits per heavy atom. The quantitative estimate of drug-likeness (QED) is 0.298. The Labute approximate surface area is 215 Å². The molecule has 2 heterocycles. The molecular weight excluding hydrogens is 492 g/mol. The van der Waals surface area contributed by atoms with Crippen molar-refractivity contribution in [1.29, 1.82) is 0 Å². The van der Waals surface area contributed by atoms with Crippen molar-refractivity contribution in [2.75, 3.05) is 6.54 Å². The maximum absolute atomic E-state index is 13.1. The first kappa shape index (κ1) is 24.7. The number of amides is 1. The topological polar surface area (TPSA) is 98.9 Å². The van der Waals surface area contributed by atoms with E-state index in [0.717, 1.165) is 16.7 Å². The predicted molar refractivity (Wildman–Crippen MR) is 136 cm³/mol. The van der Waals surface area contributed by atoms with E-state index in [1.54, 1.807) is 18.3 Å². The van der Waals surface area contributed by atoms with Crippen molar-refractivity contribution >= 4 is 16.2 Å². The molecule has 1 aromatic heterocycles. The number of nitrogens with zero attached hydrogens (tertiary/aromatic N) is 2. The van der Waals surface area contributed by atoms with Gasteiger partial charge in [0.15, 0.2) is 5.76 Å². The Morgan fingerprint density at radius 3 is 2.38 bits per heavy atom. The summed E-state index contributed by atoms with van der Waals surface area (Å²) in [6, 6.07) is 24.5. The van der Waals surface area contributed by atoms with Gasteiger partial charge in [-0.2, -0.15) is 8.42 Å². The highest BCUT2D eigenvalue weighted by Gasteiger charge is 2.42. The molecule has 5 rings (SSSR count). The first-order chi connectivity index (χ1) is 17.9. The van der Waals surface area contributed by atoms with Gasteiger partial charge in [0, 0.05) is 12.0 Å². The van der Waals surface area contributed by atoms with Gasteiger partial charge in [0.1, 0.15) is 12.6 Å². The molecule has 0 radical (unpaired) electrons. The molecule has 0 spiro atoms. The lowest BCUT2D eigenvalue weighted by Gasteiger charge is -2.21. The molecule has 2 unspecified atom stereocenters. The van der Waals surface area contributed by atoms with E-state index in [1.807, 2.05) is 67.6 Å². The van der Waals surface area contributed by atoms with Crippen LogP contribution in [0.4, 0.5) is 4.79 Å². The molecule has 0 saturated carbocycles. The molecule has 1 aliphatic rings. The number of ether oxygens (including phenoxy) is 1. The van der Waals surface area contributed by atoms with Crippen LogP contribution in [0.15, 0.2) is 100 Å². The summed E-state index contributed by atoms with van der Waals surface area (Å²) >= 11 is 0. The number of aromatic nitrogens is 1. The highest BCUT2D eigenvalue weighted by molar-refractivity contribution is 7.86. The highest BCUT2D eigenvalue weighted by Crippen LogP contribution is 2.36. The largest absolute Gasteiger partial charge is 0.445 e. The van der Waals surface area contributed by atoms with E-state index < -0.39 is 28.4 Å². The van der Waals surface area contributed by atoms with Gasteiger partial charge in [-0.1, -0.05) is 78.4 Å². The minimum Gasteiger partial charge on any atom is -0.445 e. The zero-order valence-electron chi connectivity index (χ0n) is 20.2. The number of likely N-dealkylation sites (tertiary alicyclic amines) is 1. The van der Waals surface area contributed by atoms with Crippen LogP contribution >= 0.6 is 0 Å². The second-order valence-electron chi connectivity index (χ2n) is 8.86. The maximum atomic E-state index is 13.1. The molecule has 4 aromatic rings. The van der Waals surface area contributed by atoms with Gasteiger partial charge in [0.2, 0.25) is 5.89 Å². The second-order valence-corrected chi connectivity index (χ2v) is 10.4. The van der Waals surface area contributed by atoms with Crippen molar-refractivity contribution in [3.05, 3.63) is 108 Å². The van der Waals surface area contributed by atoms with Crippen molar-refractivity contribution in [3.63, 3.8) is 0 Å². The Bertz CT molecular complexity index is 1450. The molecular formula is C28H26N2O6S. The molecule has 1 saturated heterocycles. The number of carbonyl (C=O) groups excluding carboxylic acids is 1. The third-order valence-corrected chi connectivity index (χ3v) is 7.52. The maximum Gasteiger partial charge on any atom is 0.410 e. The molecule has 1 aliphatic heterocycles. The van der Waals surface area contributed by atoms with Gasteiger partial charge in [0.25, 0.3) is 10.1 Å². The van der Waals surface area contributed by atoms with Crippen molar-refractivity contribution in [2.24, 2.45) is 0 Å². The van der Waals surface area contributed by atoms with E-state index in [0.29, 0.717) is 5.76 Å². The molecule has 0 bridgehead atoms. The lowest BCUT2D eigenvalue weighted by Crippen LogP contribution is -2.33. The SMILES string of the molecule is Cc1ccc(S(=O)(=O)OC2CC(c3ncc(-c4ccccc4)o3)N(C(=O)OCc3ccccc3)C2)cc1. The van der Waals surface area contributed by atoms with E-state index in [4.69, 9.17) is 13.3 Å². The van der Waals surface area contributed by atoms with Crippen LogP contribution < -0.4 is 0 Å². The summed E-state index contributed by atoms with van der Waals surface area (Å²) in [5.74, 6) is 0.833. The summed E-state index contributed by atoms with van der Waals surface area (Å²) in [5.41, 5.74) is 2.61. The van der Waals surface area contributed by atoms with Crippen LogP contribution in [-0.2, 0) is 25.6 Å². The van der Waals surface area contributed by atoms with Gasteiger partial charge >= 0.3 is 6.09 Å². The van der Waals surface area contributed by atoms with Crippen LogP contribution in [0, 0.1) is 6.92 Å². The van der Waals surface area contributed by atoms with Crippen LogP contribution in [0.1, 0.15) is 29.5 Å². The van der Waals surface area contributed by atoms with Crippen LogP contribution in [0.5, 0.6) is 0 Å². The second kappa shape index (κ2) is 10.6. The number of oxazole rings is 1. The van der Waals surface area contributed by atoms with Crippen molar-refractivity contribution in [1.82, 2.24) is 9.88 Å². The molecule has 0 N–H and O–H groups in total. The molecule has 1 fully saturated rings. The van der Waals surface area contributed by atoms with E-state index in [-0.39, 0.29) is 30.4 Å². The third kappa shape index (κ3) is 5.73. The predicted octanol–water partition coefficient (Wildman–Crippen LogP) is 5.51. The fourth-order valence-electron chi connectivity index (χ4n) is 4.22. The first-order valence-electron chi connectivity index (χ1n) is 11.9. The van der Waals surface area contributed by atoms with Gasteiger partial charge in [-0.3, -0.25) is 9.08 Å². The highest BCUT2D eigenvalue weighted by atomic mass is 32.2. The minimum absolute atomic E-state index is 0.00638. The van der Waals surface area contributed by atoms with Crippen molar-refractivity contribution in [3.8, 4) is 11.3 Å². The summed E-state index contributed by atoms with van der Waals surface area (Å²) < 4.78 is 43.0. The standard InChI is InChI=1S/C28H26N2O6S/c1-20-12-14-24(15-13-20)37(32,33)36-23-16-25(27-29-17-26(35-27)22-10-6-3-7-11-22)30(18-23)28(31)34-19-21-8-4-2-5-9-21/h2-15,17,23,25H,16,18-19H2,1H3. The van der Waals surface area contributed by atoms with E-state index in [9.17, 15) is 13.2 Å². The van der Waals surface area contributed by atoms with Gasteiger partial charge in [-0.25, -0.2) is 9.78 Å². The number of aryl methyl sites for hydroxylation is 1. The smallest absolute Gasteiger partial charge is 0.410 e. The summed E-state index contributed by atoms with van der Waals surface area (Å²) in [5, 5.41) is 0. The molecule has 3 aromatic carbocycles. The lowest BCUT2D eigenvalue weighted by molar-refractivity contribution is 0.0854. The van der Waals surface area contributed by atoms with E-state index in [2.05, 4.69) is 4.98 Å². The zero-order valence-corrected chi connectivity index (χ0v) is 21.0. The fraction of sp³-hybridized carbons (Fsp3) is 0.214. The van der Waals surface area contributed by atoms with Crippen molar-refractivity contribution < 1.29 is 26.5 Å².